The van der Waals surface area contributed by atoms with E-state index in [-0.39, 0.29) is 40.2 Å². The number of carbonyl (C=O) groups is 1. The zero-order chi connectivity index (χ0) is 21.0. The number of carbonyl (C=O) groups excluding carboxylic acids is 1. The summed E-state index contributed by atoms with van der Waals surface area (Å²) in [7, 11) is 0. The number of hydrogen-bond acceptors (Lipinski definition) is 5. The van der Waals surface area contributed by atoms with Gasteiger partial charge in [-0.05, 0) is 30.7 Å². The molecule has 6 nitrogen and oxygen atoms in total. The second kappa shape index (κ2) is 8.70. The Balaban J connectivity index is 1.83. The molecule has 0 spiro atoms. The number of benzene rings is 2. The molecule has 29 heavy (non-hydrogen) atoms. The van der Waals surface area contributed by atoms with Crippen molar-refractivity contribution in [2.24, 2.45) is 0 Å². The van der Waals surface area contributed by atoms with Gasteiger partial charge in [-0.1, -0.05) is 41.9 Å². The molecular formula is C21H18ClFN4O2. The number of pyridine rings is 1. The number of ether oxygens (including phenoxy) is 1. The summed E-state index contributed by atoms with van der Waals surface area (Å²) in [6.07, 6.45) is 1.32. The van der Waals surface area contributed by atoms with Crippen molar-refractivity contribution in [2.45, 2.75) is 13.5 Å². The van der Waals surface area contributed by atoms with E-state index >= 15 is 0 Å². The summed E-state index contributed by atoms with van der Waals surface area (Å²) in [4.78, 5) is 16.6. The monoisotopic (exact) mass is 412 g/mol. The summed E-state index contributed by atoms with van der Waals surface area (Å²) in [5.74, 6) is -1.55. The van der Waals surface area contributed by atoms with Crippen molar-refractivity contribution >= 4 is 34.7 Å². The molecule has 0 unspecified atom stereocenters. The van der Waals surface area contributed by atoms with Crippen LogP contribution in [0.25, 0.3) is 0 Å². The predicted octanol–water partition coefficient (Wildman–Crippen LogP) is 4.68. The van der Waals surface area contributed by atoms with E-state index in [2.05, 4.69) is 10.3 Å². The van der Waals surface area contributed by atoms with Crippen LogP contribution in [0.15, 0.2) is 54.7 Å². The van der Waals surface area contributed by atoms with Crippen LogP contribution in [-0.2, 0) is 6.61 Å². The van der Waals surface area contributed by atoms with Gasteiger partial charge in [0.25, 0.3) is 5.91 Å². The molecule has 3 aromatic rings. The number of hydrogen-bond donors (Lipinski definition) is 3. The first kappa shape index (κ1) is 20.3. The third-order valence-corrected chi connectivity index (χ3v) is 4.42. The highest BCUT2D eigenvalue weighted by Gasteiger charge is 2.21. The smallest absolute Gasteiger partial charge is 0.260 e. The van der Waals surface area contributed by atoms with Gasteiger partial charge in [-0.2, -0.15) is 0 Å². The van der Waals surface area contributed by atoms with Gasteiger partial charge in [0.1, 0.15) is 12.4 Å². The largest absolute Gasteiger partial charge is 0.486 e. The van der Waals surface area contributed by atoms with E-state index in [1.54, 1.807) is 6.92 Å². The van der Waals surface area contributed by atoms with Gasteiger partial charge in [-0.15, -0.1) is 0 Å². The van der Waals surface area contributed by atoms with E-state index in [4.69, 9.17) is 27.5 Å². The second-order valence-electron chi connectivity index (χ2n) is 6.24. The van der Waals surface area contributed by atoms with Crippen LogP contribution in [-0.4, -0.2) is 16.6 Å². The maximum atomic E-state index is 14.9. The normalized spacial score (nSPS) is 10.4. The average Bonchev–Trinajstić information content (AvgIpc) is 2.69. The molecule has 0 aliphatic heterocycles. The standard InChI is InChI=1S/C21H18ClFN4O2/c1-12(24)15-9-14(10-26-20(15)25)27-21(28)18-16(22)7-8-17(19(18)23)29-11-13-5-3-2-4-6-13/h2-10,24H,11H2,1H3,(H2,25,26)(H,27,28). The minimum Gasteiger partial charge on any atom is -0.486 e. The fraction of sp³-hybridized carbons (Fsp3) is 0.0952. The lowest BCUT2D eigenvalue weighted by molar-refractivity contribution is 0.102. The van der Waals surface area contributed by atoms with Crippen molar-refractivity contribution in [2.75, 3.05) is 11.1 Å². The molecule has 1 amide bonds. The number of amides is 1. The number of nitrogen functional groups attached to an aromatic ring is 1. The Morgan fingerprint density at radius 1 is 1.28 bits per heavy atom. The number of anilines is 2. The van der Waals surface area contributed by atoms with Crippen molar-refractivity contribution in [1.29, 1.82) is 5.41 Å². The molecule has 8 heteroatoms. The topological polar surface area (TPSA) is 101 Å². The van der Waals surface area contributed by atoms with Crippen LogP contribution >= 0.6 is 11.6 Å². The fourth-order valence-electron chi connectivity index (χ4n) is 2.63. The van der Waals surface area contributed by atoms with Gasteiger partial charge in [0.15, 0.2) is 11.6 Å². The summed E-state index contributed by atoms with van der Waals surface area (Å²) >= 11 is 6.06. The van der Waals surface area contributed by atoms with E-state index in [9.17, 15) is 9.18 Å². The maximum absolute atomic E-state index is 14.9. The Morgan fingerprint density at radius 2 is 2.00 bits per heavy atom. The predicted molar refractivity (Wildman–Crippen MR) is 111 cm³/mol. The third kappa shape index (κ3) is 4.70. The SMILES string of the molecule is CC(=N)c1cc(NC(=O)c2c(Cl)ccc(OCc3ccccc3)c2F)cnc1N. The van der Waals surface area contributed by atoms with Gasteiger partial charge >= 0.3 is 0 Å². The Hall–Kier alpha value is -3.45. The molecule has 1 aromatic heterocycles. The summed E-state index contributed by atoms with van der Waals surface area (Å²) in [6, 6.07) is 13.5. The first-order chi connectivity index (χ1) is 13.9. The molecule has 3 rings (SSSR count). The lowest BCUT2D eigenvalue weighted by Crippen LogP contribution is -2.16. The van der Waals surface area contributed by atoms with Gasteiger partial charge in [0, 0.05) is 11.3 Å². The minimum atomic E-state index is -0.863. The maximum Gasteiger partial charge on any atom is 0.260 e. The molecule has 0 saturated heterocycles. The molecule has 1 heterocycles. The molecule has 0 radical (unpaired) electrons. The third-order valence-electron chi connectivity index (χ3n) is 4.10. The summed E-state index contributed by atoms with van der Waals surface area (Å²) < 4.78 is 20.4. The van der Waals surface area contributed by atoms with Gasteiger partial charge in [-0.25, -0.2) is 9.37 Å². The van der Waals surface area contributed by atoms with E-state index in [1.165, 1.54) is 24.4 Å². The van der Waals surface area contributed by atoms with Crippen LogP contribution in [0.5, 0.6) is 5.75 Å². The number of rotatable bonds is 6. The Labute approximate surface area is 172 Å². The number of nitrogens with one attached hydrogen (secondary N) is 2. The Kier molecular flexibility index (Phi) is 6.09. The van der Waals surface area contributed by atoms with Crippen LogP contribution in [0, 0.1) is 11.2 Å². The van der Waals surface area contributed by atoms with Crippen molar-refractivity contribution < 1.29 is 13.9 Å². The van der Waals surface area contributed by atoms with Crippen LogP contribution in [0.1, 0.15) is 28.4 Å². The molecule has 0 fully saturated rings. The van der Waals surface area contributed by atoms with E-state index < -0.39 is 11.7 Å². The molecule has 0 aliphatic carbocycles. The van der Waals surface area contributed by atoms with E-state index in [1.807, 2.05) is 30.3 Å². The lowest BCUT2D eigenvalue weighted by Gasteiger charge is -2.13. The molecule has 0 bridgehead atoms. The van der Waals surface area contributed by atoms with Crippen LogP contribution < -0.4 is 15.8 Å². The highest BCUT2D eigenvalue weighted by atomic mass is 35.5. The Bertz CT molecular complexity index is 1070. The summed E-state index contributed by atoms with van der Waals surface area (Å²) in [5, 5.41) is 10.2. The van der Waals surface area contributed by atoms with Gasteiger partial charge < -0.3 is 21.2 Å². The number of nitrogens with two attached hydrogens (primary N) is 1. The molecule has 0 saturated carbocycles. The number of aromatic nitrogens is 1. The lowest BCUT2D eigenvalue weighted by atomic mass is 10.1. The summed E-state index contributed by atoms with van der Waals surface area (Å²) in [5.41, 5.74) is 7.05. The van der Waals surface area contributed by atoms with Gasteiger partial charge in [0.05, 0.1) is 22.5 Å². The highest BCUT2D eigenvalue weighted by molar-refractivity contribution is 6.34. The Morgan fingerprint density at radius 3 is 2.69 bits per heavy atom. The van der Waals surface area contributed by atoms with Crippen molar-refractivity contribution in [3.63, 3.8) is 0 Å². The number of halogens is 2. The van der Waals surface area contributed by atoms with Crippen molar-refractivity contribution in [3.8, 4) is 5.75 Å². The van der Waals surface area contributed by atoms with Gasteiger partial charge in [0.2, 0.25) is 0 Å². The van der Waals surface area contributed by atoms with Gasteiger partial charge in [-0.3, -0.25) is 4.79 Å². The van der Waals surface area contributed by atoms with E-state index in [0.29, 0.717) is 5.56 Å². The van der Waals surface area contributed by atoms with Crippen LogP contribution in [0.2, 0.25) is 5.02 Å². The fourth-order valence-corrected chi connectivity index (χ4v) is 2.86. The molecular weight excluding hydrogens is 395 g/mol. The van der Waals surface area contributed by atoms with E-state index in [0.717, 1.165) is 5.56 Å². The number of nitrogens with zero attached hydrogens (tertiary/aromatic N) is 1. The quantitative estimate of drug-likeness (QED) is 0.512. The van der Waals surface area contributed by atoms with Crippen LogP contribution in [0.3, 0.4) is 0 Å². The second-order valence-corrected chi connectivity index (χ2v) is 6.65. The zero-order valence-corrected chi connectivity index (χ0v) is 16.3. The molecule has 0 aliphatic rings. The van der Waals surface area contributed by atoms with Crippen LogP contribution in [0.4, 0.5) is 15.9 Å². The summed E-state index contributed by atoms with van der Waals surface area (Å²) in [6.45, 7) is 1.69. The first-order valence-corrected chi connectivity index (χ1v) is 9.01. The molecule has 148 valence electrons. The molecule has 2 aromatic carbocycles. The highest BCUT2D eigenvalue weighted by Crippen LogP contribution is 2.29. The van der Waals surface area contributed by atoms with Crippen molar-refractivity contribution in [1.82, 2.24) is 4.98 Å². The molecule has 0 atom stereocenters. The minimum absolute atomic E-state index is 0.0566. The zero-order valence-electron chi connectivity index (χ0n) is 15.5. The van der Waals surface area contributed by atoms with Crippen molar-refractivity contribution in [3.05, 3.63) is 82.3 Å². The first-order valence-electron chi connectivity index (χ1n) is 8.64. The average molecular weight is 413 g/mol. The molecule has 4 N–H and O–H groups in total.